The molecule has 122 valence electrons. The molecule has 0 aliphatic carbocycles. The second-order valence-electron chi connectivity index (χ2n) is 5.63. The lowest BCUT2D eigenvalue weighted by Gasteiger charge is -2.20. The number of β-amino-alcohol motifs (C(OH)–C–C–N with tert-alkyl or cyclic N) is 1. The Morgan fingerprint density at radius 1 is 1.39 bits per heavy atom. The number of carbonyl (C=O) groups excluding carboxylic acids is 1. The molecule has 1 aromatic carbocycles. The third-order valence-electron chi connectivity index (χ3n) is 3.83. The van der Waals surface area contributed by atoms with Crippen LogP contribution in [0.3, 0.4) is 0 Å². The van der Waals surface area contributed by atoms with E-state index >= 15 is 0 Å². The molecule has 2 aromatic rings. The highest BCUT2D eigenvalue weighted by molar-refractivity contribution is 5.78. The molecule has 6 heteroatoms. The highest BCUT2D eigenvalue weighted by Gasteiger charge is 2.23. The zero-order valence-electron chi connectivity index (χ0n) is 13.1. The number of oxazole rings is 1. The summed E-state index contributed by atoms with van der Waals surface area (Å²) in [6, 6.07) is 9.59. The molecule has 1 N–H and O–H groups in total. The van der Waals surface area contributed by atoms with Gasteiger partial charge in [0.05, 0.1) is 31.4 Å². The molecule has 6 nitrogen and oxygen atoms in total. The average Bonchev–Trinajstić information content (AvgIpc) is 2.77. The van der Waals surface area contributed by atoms with E-state index in [0.29, 0.717) is 37.0 Å². The molecule has 1 aliphatic heterocycles. The Labute approximate surface area is 134 Å². The first-order valence-electron chi connectivity index (χ1n) is 7.69. The number of nitrogens with zero attached hydrogens (tertiary/aromatic N) is 2. The first-order chi connectivity index (χ1) is 11.1. The van der Waals surface area contributed by atoms with E-state index in [4.69, 9.17) is 9.15 Å². The van der Waals surface area contributed by atoms with Crippen LogP contribution < -0.4 is 0 Å². The van der Waals surface area contributed by atoms with E-state index in [1.54, 1.807) is 4.90 Å². The zero-order valence-corrected chi connectivity index (χ0v) is 13.1. The van der Waals surface area contributed by atoms with Crippen molar-refractivity contribution in [3.05, 3.63) is 41.8 Å². The number of aryl methyl sites for hydroxylation is 1. The Balaban J connectivity index is 1.72. The number of aliphatic hydroxyl groups is 1. The van der Waals surface area contributed by atoms with Crippen molar-refractivity contribution in [2.45, 2.75) is 19.4 Å². The van der Waals surface area contributed by atoms with E-state index in [2.05, 4.69) is 4.98 Å². The van der Waals surface area contributed by atoms with Gasteiger partial charge in [0.1, 0.15) is 5.76 Å². The van der Waals surface area contributed by atoms with Crippen molar-refractivity contribution >= 4 is 5.91 Å². The Morgan fingerprint density at radius 3 is 2.96 bits per heavy atom. The molecule has 1 unspecified atom stereocenters. The molecule has 0 bridgehead atoms. The van der Waals surface area contributed by atoms with E-state index in [9.17, 15) is 9.90 Å². The maximum absolute atomic E-state index is 12.4. The maximum atomic E-state index is 12.4. The molecule has 1 amide bonds. The Bertz CT molecular complexity index is 668. The number of benzene rings is 1. The molecule has 1 atom stereocenters. The number of carbonyl (C=O) groups is 1. The van der Waals surface area contributed by atoms with Crippen molar-refractivity contribution in [2.75, 3.05) is 26.3 Å². The van der Waals surface area contributed by atoms with Crippen molar-refractivity contribution < 1.29 is 19.1 Å². The van der Waals surface area contributed by atoms with E-state index in [-0.39, 0.29) is 18.9 Å². The second-order valence-corrected chi connectivity index (χ2v) is 5.63. The quantitative estimate of drug-likeness (QED) is 0.926. The standard InChI is InChI=1S/C17H20N2O4/c1-12-15(18-17(23-12)13-5-3-2-4-6-13)9-16(21)19-7-8-22-11-14(20)10-19/h2-6,14,20H,7-11H2,1H3. The SMILES string of the molecule is Cc1oc(-c2ccccc2)nc1CC(=O)N1CCOCC(O)C1. The lowest BCUT2D eigenvalue weighted by atomic mass is 10.2. The Hall–Kier alpha value is -2.18. The zero-order chi connectivity index (χ0) is 16.2. The van der Waals surface area contributed by atoms with Crippen LogP contribution in [0, 0.1) is 6.92 Å². The van der Waals surface area contributed by atoms with Gasteiger partial charge in [-0.05, 0) is 19.1 Å². The van der Waals surface area contributed by atoms with E-state index in [1.165, 1.54) is 0 Å². The topological polar surface area (TPSA) is 75.8 Å². The minimum Gasteiger partial charge on any atom is -0.441 e. The van der Waals surface area contributed by atoms with Gasteiger partial charge in [0, 0.05) is 18.7 Å². The molecule has 1 fully saturated rings. The normalized spacial score (nSPS) is 18.7. The van der Waals surface area contributed by atoms with Crippen LogP contribution >= 0.6 is 0 Å². The summed E-state index contributed by atoms with van der Waals surface area (Å²) in [7, 11) is 0. The summed E-state index contributed by atoms with van der Waals surface area (Å²) >= 11 is 0. The number of rotatable bonds is 3. The van der Waals surface area contributed by atoms with Crippen LogP contribution in [0.1, 0.15) is 11.5 Å². The average molecular weight is 316 g/mol. The van der Waals surface area contributed by atoms with Gasteiger partial charge in [0.25, 0.3) is 0 Å². The summed E-state index contributed by atoms with van der Waals surface area (Å²) in [6.45, 7) is 3.29. The van der Waals surface area contributed by atoms with Crippen molar-refractivity contribution in [3.63, 3.8) is 0 Å². The van der Waals surface area contributed by atoms with Crippen molar-refractivity contribution in [3.8, 4) is 11.5 Å². The van der Waals surface area contributed by atoms with E-state index in [1.807, 2.05) is 37.3 Å². The van der Waals surface area contributed by atoms with Crippen LogP contribution in [0.15, 0.2) is 34.7 Å². The molecule has 1 aromatic heterocycles. The summed E-state index contributed by atoms with van der Waals surface area (Å²) in [5, 5.41) is 9.73. The molecule has 2 heterocycles. The molecule has 23 heavy (non-hydrogen) atoms. The summed E-state index contributed by atoms with van der Waals surface area (Å²) in [4.78, 5) is 18.5. The summed E-state index contributed by atoms with van der Waals surface area (Å²) in [5.41, 5.74) is 1.52. The Kier molecular flexibility index (Phi) is 4.73. The highest BCUT2D eigenvalue weighted by Crippen LogP contribution is 2.22. The van der Waals surface area contributed by atoms with Crippen molar-refractivity contribution in [2.24, 2.45) is 0 Å². The molecule has 0 saturated carbocycles. The molecule has 0 radical (unpaired) electrons. The van der Waals surface area contributed by atoms with Crippen LogP contribution in [-0.2, 0) is 16.0 Å². The minimum atomic E-state index is -0.639. The first-order valence-corrected chi connectivity index (χ1v) is 7.69. The number of ether oxygens (including phenoxy) is 1. The number of amides is 1. The number of aromatic nitrogens is 1. The van der Waals surface area contributed by atoms with Crippen LogP contribution in [-0.4, -0.2) is 53.3 Å². The van der Waals surface area contributed by atoms with Crippen LogP contribution in [0.5, 0.6) is 0 Å². The van der Waals surface area contributed by atoms with Crippen LogP contribution in [0.4, 0.5) is 0 Å². The smallest absolute Gasteiger partial charge is 0.228 e. The molecular weight excluding hydrogens is 296 g/mol. The number of hydrogen-bond acceptors (Lipinski definition) is 5. The first kappa shape index (κ1) is 15.7. The largest absolute Gasteiger partial charge is 0.441 e. The molecule has 1 saturated heterocycles. The van der Waals surface area contributed by atoms with Crippen LogP contribution in [0.2, 0.25) is 0 Å². The van der Waals surface area contributed by atoms with E-state index < -0.39 is 6.10 Å². The predicted octanol–water partition coefficient (Wildman–Crippen LogP) is 1.41. The number of hydrogen-bond donors (Lipinski definition) is 1. The third kappa shape index (κ3) is 3.78. The van der Waals surface area contributed by atoms with E-state index in [0.717, 1.165) is 5.56 Å². The molecule has 3 rings (SSSR count). The molecule has 0 spiro atoms. The van der Waals surface area contributed by atoms with Gasteiger partial charge in [-0.15, -0.1) is 0 Å². The van der Waals surface area contributed by atoms with Crippen LogP contribution in [0.25, 0.3) is 11.5 Å². The van der Waals surface area contributed by atoms with Gasteiger partial charge in [-0.25, -0.2) is 4.98 Å². The summed E-state index contributed by atoms with van der Waals surface area (Å²) in [6.07, 6.45) is -0.478. The monoisotopic (exact) mass is 316 g/mol. The number of aliphatic hydroxyl groups excluding tert-OH is 1. The fourth-order valence-electron chi connectivity index (χ4n) is 2.57. The lowest BCUT2D eigenvalue weighted by Crippen LogP contribution is -2.38. The summed E-state index contributed by atoms with van der Waals surface area (Å²) < 4.78 is 10.9. The van der Waals surface area contributed by atoms with Gasteiger partial charge in [0.15, 0.2) is 0 Å². The lowest BCUT2D eigenvalue weighted by molar-refractivity contribution is -0.131. The summed E-state index contributed by atoms with van der Waals surface area (Å²) in [5.74, 6) is 1.08. The minimum absolute atomic E-state index is 0.0782. The fourth-order valence-corrected chi connectivity index (χ4v) is 2.57. The molecule has 1 aliphatic rings. The fraction of sp³-hybridized carbons (Fsp3) is 0.412. The maximum Gasteiger partial charge on any atom is 0.228 e. The second kappa shape index (κ2) is 6.93. The van der Waals surface area contributed by atoms with Gasteiger partial charge in [-0.1, -0.05) is 18.2 Å². The van der Waals surface area contributed by atoms with Gasteiger partial charge >= 0.3 is 0 Å². The van der Waals surface area contributed by atoms with Crippen molar-refractivity contribution in [1.82, 2.24) is 9.88 Å². The van der Waals surface area contributed by atoms with Gasteiger partial charge in [0.2, 0.25) is 11.8 Å². The Morgan fingerprint density at radius 2 is 2.17 bits per heavy atom. The third-order valence-corrected chi connectivity index (χ3v) is 3.83. The predicted molar refractivity (Wildman–Crippen MR) is 83.8 cm³/mol. The van der Waals surface area contributed by atoms with Gasteiger partial charge in [-0.3, -0.25) is 4.79 Å². The molecular formula is C17H20N2O4. The van der Waals surface area contributed by atoms with Gasteiger partial charge < -0.3 is 19.2 Å². The van der Waals surface area contributed by atoms with Crippen molar-refractivity contribution in [1.29, 1.82) is 0 Å². The highest BCUT2D eigenvalue weighted by atomic mass is 16.5. The van der Waals surface area contributed by atoms with Gasteiger partial charge in [-0.2, -0.15) is 0 Å².